The van der Waals surface area contributed by atoms with Gasteiger partial charge >= 0.3 is 0 Å². The summed E-state index contributed by atoms with van der Waals surface area (Å²) in [6.45, 7) is 12.9. The van der Waals surface area contributed by atoms with E-state index in [1.165, 1.54) is 12.3 Å². The van der Waals surface area contributed by atoms with Crippen LogP contribution < -0.4 is 5.32 Å². The second-order valence-corrected chi connectivity index (χ2v) is 7.44. The number of aromatic nitrogens is 3. The van der Waals surface area contributed by atoms with Crippen LogP contribution in [-0.4, -0.2) is 56.6 Å². The van der Waals surface area contributed by atoms with Crippen LogP contribution in [0.5, 0.6) is 0 Å². The summed E-state index contributed by atoms with van der Waals surface area (Å²) in [5.74, 6) is 1.23. The van der Waals surface area contributed by atoms with Gasteiger partial charge in [0.05, 0.1) is 12.2 Å². The van der Waals surface area contributed by atoms with Crippen LogP contribution in [0.1, 0.15) is 26.5 Å². The van der Waals surface area contributed by atoms with Gasteiger partial charge in [-0.25, -0.2) is 0 Å². The molecule has 108 valence electrons. The summed E-state index contributed by atoms with van der Waals surface area (Å²) < 4.78 is 2.35. The normalized spacial score (nSPS) is 19.7. The lowest BCUT2D eigenvalue weighted by Gasteiger charge is -2.37. The van der Waals surface area contributed by atoms with Crippen molar-refractivity contribution in [3.05, 3.63) is 11.9 Å². The van der Waals surface area contributed by atoms with Gasteiger partial charge in [-0.2, -0.15) is 11.8 Å². The Labute approximate surface area is 120 Å². The molecule has 1 N–H and O–H groups in total. The molecular formula is C13H25N5S. The lowest BCUT2D eigenvalue weighted by Crippen LogP contribution is -2.44. The van der Waals surface area contributed by atoms with Crippen LogP contribution in [0, 0.1) is 0 Å². The zero-order valence-corrected chi connectivity index (χ0v) is 13.0. The van der Waals surface area contributed by atoms with E-state index in [0.29, 0.717) is 4.75 Å². The first-order chi connectivity index (χ1) is 9.09. The number of thioether (sulfide) groups is 1. The third-order valence-corrected chi connectivity index (χ3v) is 4.59. The number of rotatable bonds is 6. The second-order valence-electron chi connectivity index (χ2n) is 5.64. The molecular weight excluding hydrogens is 258 g/mol. The molecule has 0 radical (unpaired) electrons. The van der Waals surface area contributed by atoms with E-state index in [1.807, 2.05) is 10.9 Å². The van der Waals surface area contributed by atoms with Crippen molar-refractivity contribution >= 4 is 11.8 Å². The fraction of sp³-hybridized carbons (Fsp3) is 0.846. The Hall–Kier alpha value is -0.590. The molecule has 5 nitrogen and oxygen atoms in total. The molecule has 1 aromatic heterocycles. The van der Waals surface area contributed by atoms with E-state index in [4.69, 9.17) is 0 Å². The zero-order valence-electron chi connectivity index (χ0n) is 12.2. The summed E-state index contributed by atoms with van der Waals surface area (Å²) in [6, 6.07) is 0. The lowest BCUT2D eigenvalue weighted by molar-refractivity contribution is 0.246. The summed E-state index contributed by atoms with van der Waals surface area (Å²) in [5, 5.41) is 11.6. The first kappa shape index (κ1) is 14.8. The standard InChI is InChI=1S/C13H25N5S/c1-4-14-9-12-10-18(16-15-12)6-5-17-7-8-19-13(2,3)11-17/h10,14H,4-9,11H2,1-3H3. The van der Waals surface area contributed by atoms with Gasteiger partial charge in [0.1, 0.15) is 0 Å². The van der Waals surface area contributed by atoms with Crippen LogP contribution in [0.3, 0.4) is 0 Å². The molecule has 0 amide bonds. The van der Waals surface area contributed by atoms with Crippen LogP contribution in [0.25, 0.3) is 0 Å². The summed E-state index contributed by atoms with van der Waals surface area (Å²) >= 11 is 2.07. The second kappa shape index (κ2) is 6.72. The Morgan fingerprint density at radius 1 is 1.42 bits per heavy atom. The van der Waals surface area contributed by atoms with Crippen LogP contribution in [0.4, 0.5) is 0 Å². The molecule has 2 rings (SSSR count). The summed E-state index contributed by atoms with van der Waals surface area (Å²) in [6.07, 6.45) is 2.05. The van der Waals surface area contributed by atoms with Gasteiger partial charge in [-0.1, -0.05) is 12.1 Å². The van der Waals surface area contributed by atoms with Gasteiger partial charge in [0.15, 0.2) is 0 Å². The van der Waals surface area contributed by atoms with Gasteiger partial charge in [-0.15, -0.1) is 5.10 Å². The number of nitrogens with zero attached hydrogens (tertiary/aromatic N) is 4. The minimum absolute atomic E-state index is 0.386. The highest BCUT2D eigenvalue weighted by Crippen LogP contribution is 2.29. The van der Waals surface area contributed by atoms with E-state index >= 15 is 0 Å². The molecule has 2 heterocycles. The smallest absolute Gasteiger partial charge is 0.0964 e. The number of hydrogen-bond donors (Lipinski definition) is 1. The Morgan fingerprint density at radius 2 is 2.26 bits per heavy atom. The van der Waals surface area contributed by atoms with Gasteiger partial charge in [-0.3, -0.25) is 9.58 Å². The van der Waals surface area contributed by atoms with Gasteiger partial charge in [-0.05, 0) is 20.4 Å². The fourth-order valence-electron chi connectivity index (χ4n) is 2.33. The van der Waals surface area contributed by atoms with Crippen molar-refractivity contribution in [3.63, 3.8) is 0 Å². The summed E-state index contributed by atoms with van der Waals surface area (Å²) in [5.41, 5.74) is 1.02. The third-order valence-electron chi connectivity index (χ3n) is 3.29. The fourth-order valence-corrected chi connectivity index (χ4v) is 3.51. The Bertz CT molecular complexity index is 390. The van der Waals surface area contributed by atoms with E-state index in [2.05, 4.69) is 53.1 Å². The van der Waals surface area contributed by atoms with Crippen molar-refractivity contribution in [2.45, 2.75) is 38.6 Å². The molecule has 0 bridgehead atoms. The summed E-state index contributed by atoms with van der Waals surface area (Å²) in [4.78, 5) is 2.53. The molecule has 0 aromatic carbocycles. The van der Waals surface area contributed by atoms with Crippen LogP contribution in [0.15, 0.2) is 6.20 Å². The van der Waals surface area contributed by atoms with E-state index in [0.717, 1.165) is 38.4 Å². The monoisotopic (exact) mass is 283 g/mol. The summed E-state index contributed by atoms with van der Waals surface area (Å²) in [7, 11) is 0. The Kier molecular flexibility index (Phi) is 5.24. The predicted octanol–water partition coefficient (Wildman–Crippen LogP) is 1.21. The van der Waals surface area contributed by atoms with Gasteiger partial charge in [0.25, 0.3) is 0 Å². The maximum Gasteiger partial charge on any atom is 0.0964 e. The van der Waals surface area contributed by atoms with Crippen molar-refractivity contribution in [2.75, 3.05) is 31.9 Å². The molecule has 0 aliphatic carbocycles. The lowest BCUT2D eigenvalue weighted by atomic mass is 10.2. The highest BCUT2D eigenvalue weighted by atomic mass is 32.2. The molecule has 6 heteroatoms. The van der Waals surface area contributed by atoms with Gasteiger partial charge in [0, 0.05) is 42.9 Å². The van der Waals surface area contributed by atoms with Crippen LogP contribution >= 0.6 is 11.8 Å². The Balaban J connectivity index is 1.77. The molecule has 1 aliphatic heterocycles. The molecule has 0 saturated carbocycles. The molecule has 19 heavy (non-hydrogen) atoms. The number of nitrogens with one attached hydrogen (secondary N) is 1. The largest absolute Gasteiger partial charge is 0.311 e. The molecule has 1 aromatic rings. The van der Waals surface area contributed by atoms with Crippen molar-refractivity contribution in [1.29, 1.82) is 0 Å². The maximum atomic E-state index is 4.18. The minimum atomic E-state index is 0.386. The van der Waals surface area contributed by atoms with Gasteiger partial charge < -0.3 is 5.32 Å². The van der Waals surface area contributed by atoms with Crippen LogP contribution in [0.2, 0.25) is 0 Å². The molecule has 0 atom stereocenters. The topological polar surface area (TPSA) is 46.0 Å². The number of hydrogen-bond acceptors (Lipinski definition) is 5. The zero-order chi connectivity index (χ0) is 13.7. The maximum absolute atomic E-state index is 4.18. The average Bonchev–Trinajstić information content (AvgIpc) is 2.81. The third kappa shape index (κ3) is 4.78. The van der Waals surface area contributed by atoms with Crippen molar-refractivity contribution in [3.8, 4) is 0 Å². The highest BCUT2D eigenvalue weighted by Gasteiger charge is 2.26. The first-order valence-electron chi connectivity index (χ1n) is 7.05. The van der Waals surface area contributed by atoms with E-state index in [-0.39, 0.29) is 0 Å². The van der Waals surface area contributed by atoms with E-state index in [1.54, 1.807) is 0 Å². The minimum Gasteiger partial charge on any atom is -0.311 e. The van der Waals surface area contributed by atoms with Crippen molar-refractivity contribution in [2.24, 2.45) is 0 Å². The quantitative estimate of drug-likeness (QED) is 0.850. The molecule has 1 saturated heterocycles. The highest BCUT2D eigenvalue weighted by molar-refractivity contribution is 8.00. The average molecular weight is 283 g/mol. The van der Waals surface area contributed by atoms with Crippen molar-refractivity contribution < 1.29 is 0 Å². The molecule has 1 aliphatic rings. The predicted molar refractivity (Wildman–Crippen MR) is 80.4 cm³/mol. The molecule has 0 spiro atoms. The SMILES string of the molecule is CCNCc1cn(CCN2CCSC(C)(C)C2)nn1. The van der Waals surface area contributed by atoms with E-state index < -0.39 is 0 Å². The van der Waals surface area contributed by atoms with Crippen LogP contribution in [-0.2, 0) is 13.1 Å². The first-order valence-corrected chi connectivity index (χ1v) is 8.04. The van der Waals surface area contributed by atoms with Gasteiger partial charge in [0.2, 0.25) is 0 Å². The van der Waals surface area contributed by atoms with E-state index in [9.17, 15) is 0 Å². The van der Waals surface area contributed by atoms with Crippen molar-refractivity contribution in [1.82, 2.24) is 25.2 Å². The molecule has 1 fully saturated rings. The molecule has 0 unspecified atom stereocenters. The Morgan fingerprint density at radius 3 is 3.00 bits per heavy atom.